The minimum Gasteiger partial charge on any atom is -0.455 e. The Labute approximate surface area is 141 Å². The molecule has 2 aromatic heterocycles. The fourth-order valence-corrected chi connectivity index (χ4v) is 2.76. The van der Waals surface area contributed by atoms with Gasteiger partial charge in [0.25, 0.3) is 5.56 Å². The summed E-state index contributed by atoms with van der Waals surface area (Å²) in [6.07, 6.45) is -2.26. The van der Waals surface area contributed by atoms with Gasteiger partial charge >= 0.3 is 5.97 Å². The average molecular weight is 353 g/mol. The summed E-state index contributed by atoms with van der Waals surface area (Å²) < 4.78 is 12.3. The first-order chi connectivity index (χ1) is 12.0. The van der Waals surface area contributed by atoms with Crippen LogP contribution < -0.4 is 11.3 Å². The molecule has 2 aromatic rings. The molecule has 0 bridgehead atoms. The van der Waals surface area contributed by atoms with Gasteiger partial charge in [-0.1, -0.05) is 6.92 Å². The number of esters is 1. The molecule has 4 atom stereocenters. The Morgan fingerprint density at radius 2 is 2.32 bits per heavy atom. The molecule has 0 aliphatic carbocycles. The number of imidazole rings is 1. The zero-order valence-electron chi connectivity index (χ0n) is 13.5. The van der Waals surface area contributed by atoms with Gasteiger partial charge in [0.15, 0.2) is 23.5 Å². The second-order valence-corrected chi connectivity index (χ2v) is 5.72. The number of rotatable bonds is 5. The van der Waals surface area contributed by atoms with Crippen LogP contribution in [0.2, 0.25) is 0 Å². The third kappa shape index (κ3) is 3.08. The Hall–Kier alpha value is -2.50. The summed E-state index contributed by atoms with van der Waals surface area (Å²) in [4.78, 5) is 34.1. The van der Waals surface area contributed by atoms with Crippen LogP contribution in [0.15, 0.2) is 11.1 Å². The van der Waals surface area contributed by atoms with E-state index in [4.69, 9.17) is 15.2 Å². The zero-order chi connectivity index (χ0) is 18.1. The van der Waals surface area contributed by atoms with E-state index >= 15 is 0 Å². The second-order valence-electron chi connectivity index (χ2n) is 5.72. The number of nitrogens with zero attached hydrogens (tertiary/aromatic N) is 3. The topological polar surface area (TPSA) is 166 Å². The normalized spacial score (nSPS) is 26.2. The Morgan fingerprint density at radius 1 is 1.56 bits per heavy atom. The summed E-state index contributed by atoms with van der Waals surface area (Å²) in [6.45, 7) is 1.35. The van der Waals surface area contributed by atoms with Gasteiger partial charge in [0.05, 0.1) is 12.9 Å². The molecule has 0 saturated carbocycles. The van der Waals surface area contributed by atoms with Gasteiger partial charge in [-0.15, -0.1) is 0 Å². The highest BCUT2D eigenvalue weighted by Crippen LogP contribution is 2.33. The Balaban J connectivity index is 2.01. The average Bonchev–Trinajstić information content (AvgIpc) is 3.10. The van der Waals surface area contributed by atoms with Crippen molar-refractivity contribution in [3.8, 4) is 0 Å². The molecular formula is C14H19N5O6. The number of carbonyl (C=O) groups is 1. The number of nitrogens with one attached hydrogen (secondary N) is 1. The molecule has 1 aliphatic rings. The molecule has 11 nitrogen and oxygen atoms in total. The number of anilines is 1. The Morgan fingerprint density at radius 3 is 3.00 bits per heavy atom. The molecule has 0 unspecified atom stereocenters. The number of hydrogen-bond acceptors (Lipinski definition) is 9. The fraction of sp³-hybridized carbons (Fsp3) is 0.571. The molecule has 3 heterocycles. The molecule has 1 fully saturated rings. The summed E-state index contributed by atoms with van der Waals surface area (Å²) in [7, 11) is 0. The zero-order valence-corrected chi connectivity index (χ0v) is 13.5. The van der Waals surface area contributed by atoms with E-state index in [1.54, 1.807) is 0 Å². The first kappa shape index (κ1) is 17.3. The van der Waals surface area contributed by atoms with Crippen LogP contribution in [0.3, 0.4) is 0 Å². The van der Waals surface area contributed by atoms with Crippen molar-refractivity contribution in [2.24, 2.45) is 0 Å². The summed E-state index contributed by atoms with van der Waals surface area (Å²) in [5, 5.41) is 19.7. The SMILES string of the molecule is CCCC(=O)O[C@@H]1[C@H](O)[C@@H](CO)O[C@H]1n1cnc2c(=O)[nH]c(N)nc21. The van der Waals surface area contributed by atoms with Crippen LogP contribution in [0, 0.1) is 0 Å². The molecule has 0 aromatic carbocycles. The number of H-pyrrole nitrogens is 1. The number of ether oxygens (including phenoxy) is 2. The van der Waals surface area contributed by atoms with Gasteiger partial charge in [-0.3, -0.25) is 19.1 Å². The van der Waals surface area contributed by atoms with Crippen molar-refractivity contribution in [3.05, 3.63) is 16.7 Å². The highest BCUT2D eigenvalue weighted by molar-refractivity contribution is 5.71. The number of aliphatic hydroxyl groups excluding tert-OH is 2. The maximum atomic E-state index is 11.9. The predicted molar refractivity (Wildman–Crippen MR) is 84.4 cm³/mol. The second kappa shape index (κ2) is 6.78. The summed E-state index contributed by atoms with van der Waals surface area (Å²) in [5.41, 5.74) is 5.18. The monoisotopic (exact) mass is 353 g/mol. The van der Waals surface area contributed by atoms with Crippen molar-refractivity contribution in [2.75, 3.05) is 12.3 Å². The summed E-state index contributed by atoms with van der Waals surface area (Å²) in [5.74, 6) is -0.621. The van der Waals surface area contributed by atoms with E-state index in [-0.39, 0.29) is 23.5 Å². The number of aromatic amines is 1. The lowest BCUT2D eigenvalue weighted by Gasteiger charge is -2.21. The first-order valence-corrected chi connectivity index (χ1v) is 7.82. The van der Waals surface area contributed by atoms with E-state index in [2.05, 4.69) is 15.0 Å². The van der Waals surface area contributed by atoms with Crippen molar-refractivity contribution in [2.45, 2.75) is 44.3 Å². The maximum absolute atomic E-state index is 11.9. The van der Waals surface area contributed by atoms with Crippen molar-refractivity contribution < 1.29 is 24.5 Å². The molecule has 1 aliphatic heterocycles. The maximum Gasteiger partial charge on any atom is 0.306 e. The van der Waals surface area contributed by atoms with E-state index in [0.29, 0.717) is 6.42 Å². The number of aliphatic hydroxyl groups is 2. The quantitative estimate of drug-likeness (QED) is 0.476. The molecule has 0 amide bonds. The number of fused-ring (bicyclic) bond motifs is 1. The van der Waals surface area contributed by atoms with E-state index in [0.717, 1.165) is 0 Å². The molecule has 0 radical (unpaired) electrons. The lowest BCUT2D eigenvalue weighted by atomic mass is 10.1. The van der Waals surface area contributed by atoms with E-state index < -0.39 is 42.7 Å². The van der Waals surface area contributed by atoms with Crippen LogP contribution in [0.1, 0.15) is 26.0 Å². The van der Waals surface area contributed by atoms with Crippen molar-refractivity contribution in [1.82, 2.24) is 19.5 Å². The minimum atomic E-state index is -1.24. The van der Waals surface area contributed by atoms with Gasteiger partial charge in [-0.2, -0.15) is 4.98 Å². The molecule has 11 heteroatoms. The van der Waals surface area contributed by atoms with Gasteiger partial charge in [0.1, 0.15) is 12.2 Å². The standard InChI is InChI=1S/C14H19N5O6/c1-2-3-7(21)25-10-9(22)6(4-20)24-13(10)19-5-16-8-11(19)17-14(15)18-12(8)23/h5-6,9-10,13,20,22H,2-4H2,1H3,(H3,15,17,18,23)/t6-,9-,10-,13-/m1/s1. The highest BCUT2D eigenvalue weighted by atomic mass is 16.6. The third-order valence-corrected chi connectivity index (χ3v) is 3.94. The fourth-order valence-electron chi connectivity index (χ4n) is 2.76. The third-order valence-electron chi connectivity index (χ3n) is 3.94. The van der Waals surface area contributed by atoms with Gasteiger partial charge in [0, 0.05) is 6.42 Å². The molecule has 136 valence electrons. The molecule has 1 saturated heterocycles. The number of aromatic nitrogens is 4. The van der Waals surface area contributed by atoms with Crippen LogP contribution in [-0.2, 0) is 14.3 Å². The van der Waals surface area contributed by atoms with Crippen LogP contribution in [0.5, 0.6) is 0 Å². The predicted octanol–water partition coefficient (Wildman–Crippen LogP) is -1.34. The molecule has 5 N–H and O–H groups in total. The summed E-state index contributed by atoms with van der Waals surface area (Å²) in [6, 6.07) is 0. The van der Waals surface area contributed by atoms with Crippen LogP contribution in [0.25, 0.3) is 11.2 Å². The van der Waals surface area contributed by atoms with Crippen molar-refractivity contribution in [1.29, 1.82) is 0 Å². The van der Waals surface area contributed by atoms with Gasteiger partial charge in [0.2, 0.25) is 5.95 Å². The number of nitrogens with two attached hydrogens (primary N) is 1. The van der Waals surface area contributed by atoms with E-state index in [1.807, 2.05) is 6.92 Å². The minimum absolute atomic E-state index is 0.0263. The largest absolute Gasteiger partial charge is 0.455 e. The molecule has 0 spiro atoms. The van der Waals surface area contributed by atoms with Crippen LogP contribution >= 0.6 is 0 Å². The van der Waals surface area contributed by atoms with E-state index in [1.165, 1.54) is 10.9 Å². The number of carbonyl (C=O) groups excluding carboxylic acids is 1. The van der Waals surface area contributed by atoms with Gasteiger partial charge in [-0.25, -0.2) is 4.98 Å². The van der Waals surface area contributed by atoms with Gasteiger partial charge in [-0.05, 0) is 6.42 Å². The van der Waals surface area contributed by atoms with Crippen LogP contribution in [-0.4, -0.2) is 60.6 Å². The van der Waals surface area contributed by atoms with Crippen molar-refractivity contribution >= 4 is 23.1 Å². The lowest BCUT2D eigenvalue weighted by molar-refractivity contribution is -0.158. The molecule has 3 rings (SSSR count). The lowest BCUT2D eigenvalue weighted by Crippen LogP contribution is -2.37. The number of hydrogen-bond donors (Lipinski definition) is 4. The van der Waals surface area contributed by atoms with Crippen molar-refractivity contribution in [3.63, 3.8) is 0 Å². The first-order valence-electron chi connectivity index (χ1n) is 7.82. The number of nitrogen functional groups attached to an aromatic ring is 1. The van der Waals surface area contributed by atoms with Crippen LogP contribution in [0.4, 0.5) is 5.95 Å². The molecule has 25 heavy (non-hydrogen) atoms. The smallest absolute Gasteiger partial charge is 0.306 e. The molecular weight excluding hydrogens is 334 g/mol. The van der Waals surface area contributed by atoms with E-state index in [9.17, 15) is 19.8 Å². The highest BCUT2D eigenvalue weighted by Gasteiger charge is 2.47. The Kier molecular flexibility index (Phi) is 4.70. The Bertz CT molecular complexity index is 833. The summed E-state index contributed by atoms with van der Waals surface area (Å²) >= 11 is 0. The van der Waals surface area contributed by atoms with Gasteiger partial charge < -0.3 is 25.4 Å².